The van der Waals surface area contributed by atoms with Crippen molar-refractivity contribution in [3.05, 3.63) is 22.6 Å². The second-order valence-corrected chi connectivity index (χ2v) is 5.83. The molecule has 0 aliphatic carbocycles. The van der Waals surface area contributed by atoms with Gasteiger partial charge in [0, 0.05) is 29.5 Å². The van der Waals surface area contributed by atoms with Gasteiger partial charge in [0.2, 0.25) is 0 Å². The Morgan fingerprint density at radius 2 is 2.26 bits per heavy atom. The molecule has 0 atom stereocenters. The number of fused-ring (bicyclic) bond motifs is 1. The molecular weight excluding hydrogens is 330 g/mol. The summed E-state index contributed by atoms with van der Waals surface area (Å²) in [4.78, 5) is 9.03. The van der Waals surface area contributed by atoms with Crippen LogP contribution in [0.5, 0.6) is 0 Å². The lowest BCUT2D eigenvalue weighted by Gasteiger charge is -2.10. The van der Waals surface area contributed by atoms with Crippen LogP contribution in [0.15, 0.2) is 16.7 Å². The number of rotatable bonds is 6. The van der Waals surface area contributed by atoms with Gasteiger partial charge in [0.1, 0.15) is 11.3 Å². The topological polar surface area (TPSA) is 39.9 Å². The lowest BCUT2D eigenvalue weighted by molar-refractivity contribution is 0.0728. The van der Waals surface area contributed by atoms with E-state index in [9.17, 15) is 0 Å². The SMILES string of the molecule is CC(C)OCCn1c(CCCl)nc2cc(Br)cnc21. The highest BCUT2D eigenvalue weighted by Gasteiger charge is 2.12. The smallest absolute Gasteiger partial charge is 0.160 e. The minimum Gasteiger partial charge on any atom is -0.377 e. The highest BCUT2D eigenvalue weighted by molar-refractivity contribution is 9.10. The maximum absolute atomic E-state index is 5.84. The first-order valence-electron chi connectivity index (χ1n) is 6.30. The summed E-state index contributed by atoms with van der Waals surface area (Å²) >= 11 is 9.25. The molecule has 0 spiro atoms. The average Bonchev–Trinajstić information content (AvgIpc) is 2.66. The standard InChI is InChI=1S/C13H17BrClN3O/c1-9(2)19-6-5-18-12(3-4-15)17-11-7-10(14)8-16-13(11)18/h7-9H,3-6H2,1-2H3. The molecule has 2 heterocycles. The minimum atomic E-state index is 0.230. The summed E-state index contributed by atoms with van der Waals surface area (Å²) in [5.41, 5.74) is 1.77. The van der Waals surface area contributed by atoms with Crippen LogP contribution in [0.3, 0.4) is 0 Å². The number of imidazole rings is 1. The van der Waals surface area contributed by atoms with Crippen LogP contribution in [0, 0.1) is 0 Å². The van der Waals surface area contributed by atoms with E-state index in [-0.39, 0.29) is 6.10 Å². The van der Waals surface area contributed by atoms with E-state index >= 15 is 0 Å². The molecule has 0 aliphatic rings. The van der Waals surface area contributed by atoms with Crippen LogP contribution >= 0.6 is 27.5 Å². The predicted octanol–water partition coefficient (Wildman–Crippen LogP) is 3.40. The molecule has 19 heavy (non-hydrogen) atoms. The Morgan fingerprint density at radius 3 is 2.95 bits per heavy atom. The summed E-state index contributed by atoms with van der Waals surface area (Å²) in [6.45, 7) is 5.45. The van der Waals surface area contributed by atoms with E-state index in [1.54, 1.807) is 6.20 Å². The maximum atomic E-state index is 5.84. The van der Waals surface area contributed by atoms with Crippen molar-refractivity contribution in [3.63, 3.8) is 0 Å². The first kappa shape index (κ1) is 14.8. The molecule has 2 aromatic rings. The third-order valence-corrected chi connectivity index (χ3v) is 3.34. The Kier molecular flexibility index (Phi) is 5.19. The lowest BCUT2D eigenvalue weighted by atomic mass is 10.4. The van der Waals surface area contributed by atoms with Gasteiger partial charge < -0.3 is 9.30 Å². The number of nitrogens with zero attached hydrogens (tertiary/aromatic N) is 3. The van der Waals surface area contributed by atoms with E-state index in [0.717, 1.165) is 34.4 Å². The monoisotopic (exact) mass is 345 g/mol. The van der Waals surface area contributed by atoms with Crippen LogP contribution < -0.4 is 0 Å². The van der Waals surface area contributed by atoms with Crippen molar-refractivity contribution in [2.45, 2.75) is 32.9 Å². The first-order valence-corrected chi connectivity index (χ1v) is 7.62. The fourth-order valence-corrected chi connectivity index (χ4v) is 2.41. The third kappa shape index (κ3) is 3.68. The summed E-state index contributed by atoms with van der Waals surface area (Å²) < 4.78 is 8.62. The van der Waals surface area contributed by atoms with Crippen molar-refractivity contribution in [2.75, 3.05) is 12.5 Å². The Labute approximate surface area is 126 Å². The quantitative estimate of drug-likeness (QED) is 0.753. The average molecular weight is 347 g/mol. The maximum Gasteiger partial charge on any atom is 0.160 e. The molecule has 0 unspecified atom stereocenters. The van der Waals surface area contributed by atoms with Gasteiger partial charge in [-0.05, 0) is 35.8 Å². The van der Waals surface area contributed by atoms with Crippen molar-refractivity contribution < 1.29 is 4.74 Å². The van der Waals surface area contributed by atoms with Crippen molar-refractivity contribution >= 4 is 38.7 Å². The Hall–Kier alpha value is -0.650. The molecule has 0 aliphatic heterocycles. The van der Waals surface area contributed by atoms with Crippen molar-refractivity contribution in [1.29, 1.82) is 0 Å². The zero-order chi connectivity index (χ0) is 13.8. The molecule has 2 rings (SSSR count). The molecule has 0 amide bonds. The normalized spacial score (nSPS) is 11.6. The van der Waals surface area contributed by atoms with E-state index in [2.05, 4.69) is 30.5 Å². The zero-order valence-corrected chi connectivity index (χ0v) is 13.4. The highest BCUT2D eigenvalue weighted by Crippen LogP contribution is 2.19. The summed E-state index contributed by atoms with van der Waals surface area (Å²) in [7, 11) is 0. The van der Waals surface area contributed by atoms with E-state index in [1.807, 2.05) is 19.9 Å². The number of hydrogen-bond acceptors (Lipinski definition) is 3. The second-order valence-electron chi connectivity index (χ2n) is 4.53. The number of halogens is 2. The van der Waals surface area contributed by atoms with Gasteiger partial charge in [0.05, 0.1) is 12.7 Å². The summed E-state index contributed by atoms with van der Waals surface area (Å²) in [6, 6.07) is 1.97. The van der Waals surface area contributed by atoms with Gasteiger partial charge in [0.25, 0.3) is 0 Å². The van der Waals surface area contributed by atoms with E-state index < -0.39 is 0 Å². The molecule has 0 saturated heterocycles. The van der Waals surface area contributed by atoms with Gasteiger partial charge in [-0.15, -0.1) is 11.6 Å². The van der Waals surface area contributed by atoms with Gasteiger partial charge in [-0.25, -0.2) is 9.97 Å². The Balaban J connectivity index is 2.29. The minimum absolute atomic E-state index is 0.230. The second kappa shape index (κ2) is 6.68. The lowest BCUT2D eigenvalue weighted by Crippen LogP contribution is -2.13. The van der Waals surface area contributed by atoms with Crippen molar-refractivity contribution in [3.8, 4) is 0 Å². The number of alkyl halides is 1. The van der Waals surface area contributed by atoms with Gasteiger partial charge in [0.15, 0.2) is 5.65 Å². The molecule has 0 radical (unpaired) electrons. The van der Waals surface area contributed by atoms with Crippen LogP contribution in [0.4, 0.5) is 0 Å². The summed E-state index contributed by atoms with van der Waals surface area (Å²) in [5, 5.41) is 0. The van der Waals surface area contributed by atoms with Crippen LogP contribution in [0.2, 0.25) is 0 Å². The highest BCUT2D eigenvalue weighted by atomic mass is 79.9. The number of hydrogen-bond donors (Lipinski definition) is 0. The van der Waals surface area contributed by atoms with E-state index in [1.165, 1.54) is 0 Å². The van der Waals surface area contributed by atoms with Gasteiger partial charge >= 0.3 is 0 Å². The molecule has 0 aromatic carbocycles. The fourth-order valence-electron chi connectivity index (χ4n) is 1.92. The summed E-state index contributed by atoms with van der Waals surface area (Å²) in [6.07, 6.45) is 2.75. The molecule has 6 heteroatoms. The first-order chi connectivity index (χ1) is 9.11. The third-order valence-electron chi connectivity index (χ3n) is 2.71. The zero-order valence-electron chi connectivity index (χ0n) is 11.1. The Bertz CT molecular complexity index is 556. The Morgan fingerprint density at radius 1 is 1.47 bits per heavy atom. The molecular formula is C13H17BrClN3O. The van der Waals surface area contributed by atoms with E-state index in [0.29, 0.717) is 12.5 Å². The molecule has 0 bridgehead atoms. The number of ether oxygens (including phenoxy) is 1. The van der Waals surface area contributed by atoms with Gasteiger partial charge in [-0.2, -0.15) is 0 Å². The van der Waals surface area contributed by atoms with Gasteiger partial charge in [-0.1, -0.05) is 0 Å². The molecule has 0 saturated carbocycles. The van der Waals surface area contributed by atoms with Crippen LogP contribution in [-0.4, -0.2) is 33.1 Å². The number of aromatic nitrogens is 3. The molecule has 0 fully saturated rings. The molecule has 104 valence electrons. The number of aryl methyl sites for hydroxylation is 1. The number of pyridine rings is 1. The molecule has 0 N–H and O–H groups in total. The van der Waals surface area contributed by atoms with E-state index in [4.69, 9.17) is 16.3 Å². The van der Waals surface area contributed by atoms with Crippen molar-refractivity contribution in [1.82, 2.24) is 14.5 Å². The van der Waals surface area contributed by atoms with Crippen molar-refractivity contribution in [2.24, 2.45) is 0 Å². The van der Waals surface area contributed by atoms with Crippen LogP contribution in [-0.2, 0) is 17.7 Å². The summed E-state index contributed by atoms with van der Waals surface area (Å²) in [5.74, 6) is 1.51. The predicted molar refractivity (Wildman–Crippen MR) is 80.7 cm³/mol. The fraction of sp³-hybridized carbons (Fsp3) is 0.538. The van der Waals surface area contributed by atoms with Gasteiger partial charge in [-0.3, -0.25) is 0 Å². The molecule has 4 nitrogen and oxygen atoms in total. The van der Waals surface area contributed by atoms with Crippen LogP contribution in [0.1, 0.15) is 19.7 Å². The molecule has 2 aromatic heterocycles. The largest absolute Gasteiger partial charge is 0.377 e. The van der Waals surface area contributed by atoms with Crippen LogP contribution in [0.25, 0.3) is 11.2 Å².